The standard InChI is InChI=1S/C16H31N3O2/c1-14(2)11-20-9-4-7-18-15(17-3)19-8-5-16(12-19)6-10-21-13-16/h14H,4-13H2,1-3H3,(H,17,18). The van der Waals surface area contributed by atoms with Crippen molar-refractivity contribution in [2.24, 2.45) is 16.3 Å². The second kappa shape index (κ2) is 7.99. The van der Waals surface area contributed by atoms with Crippen LogP contribution in [-0.4, -0.2) is 64.0 Å². The summed E-state index contributed by atoms with van der Waals surface area (Å²) in [5, 5.41) is 3.46. The summed E-state index contributed by atoms with van der Waals surface area (Å²) in [5.41, 5.74) is 0.387. The molecule has 21 heavy (non-hydrogen) atoms. The van der Waals surface area contributed by atoms with E-state index in [9.17, 15) is 0 Å². The molecule has 5 heteroatoms. The van der Waals surface area contributed by atoms with Gasteiger partial charge < -0.3 is 19.7 Å². The Bertz CT molecular complexity index is 338. The number of aliphatic imine (C=N–C) groups is 1. The zero-order valence-electron chi connectivity index (χ0n) is 13.9. The van der Waals surface area contributed by atoms with Crippen LogP contribution in [0.3, 0.4) is 0 Å². The van der Waals surface area contributed by atoms with Crippen LogP contribution < -0.4 is 5.32 Å². The van der Waals surface area contributed by atoms with Crippen molar-refractivity contribution >= 4 is 5.96 Å². The van der Waals surface area contributed by atoms with Crippen molar-refractivity contribution in [3.8, 4) is 0 Å². The predicted molar refractivity (Wildman–Crippen MR) is 85.7 cm³/mol. The molecule has 0 aromatic heterocycles. The topological polar surface area (TPSA) is 46.1 Å². The van der Waals surface area contributed by atoms with Crippen LogP contribution in [0.15, 0.2) is 4.99 Å². The Labute approximate surface area is 129 Å². The fourth-order valence-electron chi connectivity index (χ4n) is 3.11. The van der Waals surface area contributed by atoms with Gasteiger partial charge in [0.15, 0.2) is 5.96 Å². The van der Waals surface area contributed by atoms with E-state index in [4.69, 9.17) is 9.47 Å². The van der Waals surface area contributed by atoms with Gasteiger partial charge in [-0.25, -0.2) is 0 Å². The van der Waals surface area contributed by atoms with Crippen LogP contribution in [-0.2, 0) is 9.47 Å². The van der Waals surface area contributed by atoms with E-state index in [-0.39, 0.29) is 0 Å². The Morgan fingerprint density at radius 2 is 2.29 bits per heavy atom. The molecule has 2 fully saturated rings. The largest absolute Gasteiger partial charge is 0.381 e. The number of guanidine groups is 1. The van der Waals surface area contributed by atoms with E-state index in [0.29, 0.717) is 11.3 Å². The van der Waals surface area contributed by atoms with E-state index in [2.05, 4.69) is 29.1 Å². The van der Waals surface area contributed by atoms with Crippen LogP contribution in [0.5, 0.6) is 0 Å². The third-order valence-electron chi connectivity index (χ3n) is 4.33. The maximum atomic E-state index is 5.60. The Kier molecular flexibility index (Phi) is 6.30. The van der Waals surface area contributed by atoms with E-state index in [1.54, 1.807) is 0 Å². The molecule has 0 aromatic carbocycles. The number of nitrogens with zero attached hydrogens (tertiary/aromatic N) is 2. The summed E-state index contributed by atoms with van der Waals surface area (Å²) < 4.78 is 11.2. The zero-order chi connectivity index (χ0) is 15.1. The van der Waals surface area contributed by atoms with Crippen molar-refractivity contribution < 1.29 is 9.47 Å². The number of rotatable bonds is 6. The van der Waals surface area contributed by atoms with Crippen molar-refractivity contribution in [1.82, 2.24) is 10.2 Å². The summed E-state index contributed by atoms with van der Waals surface area (Å²) in [6.07, 6.45) is 3.45. The highest BCUT2D eigenvalue weighted by Gasteiger charge is 2.42. The number of hydrogen-bond donors (Lipinski definition) is 1. The van der Waals surface area contributed by atoms with Gasteiger partial charge in [0, 0.05) is 51.9 Å². The number of ether oxygens (including phenoxy) is 2. The van der Waals surface area contributed by atoms with Crippen molar-refractivity contribution in [2.75, 3.05) is 53.1 Å². The molecule has 0 bridgehead atoms. The molecule has 2 heterocycles. The van der Waals surface area contributed by atoms with Crippen LogP contribution in [0.1, 0.15) is 33.1 Å². The summed E-state index contributed by atoms with van der Waals surface area (Å²) in [6, 6.07) is 0. The molecule has 0 radical (unpaired) electrons. The van der Waals surface area contributed by atoms with Crippen LogP contribution in [0.2, 0.25) is 0 Å². The quantitative estimate of drug-likeness (QED) is 0.461. The molecule has 0 saturated carbocycles. The zero-order valence-corrected chi connectivity index (χ0v) is 13.9. The summed E-state index contributed by atoms with van der Waals surface area (Å²) >= 11 is 0. The van der Waals surface area contributed by atoms with Crippen LogP contribution >= 0.6 is 0 Å². The highest BCUT2D eigenvalue weighted by atomic mass is 16.5. The van der Waals surface area contributed by atoms with Gasteiger partial charge in [-0.3, -0.25) is 4.99 Å². The molecular formula is C16H31N3O2. The predicted octanol–water partition coefficient (Wildman–Crippen LogP) is 1.74. The molecule has 1 unspecified atom stereocenters. The molecule has 2 aliphatic rings. The Hall–Kier alpha value is -0.810. The van der Waals surface area contributed by atoms with Gasteiger partial charge in [0.2, 0.25) is 0 Å². The monoisotopic (exact) mass is 297 g/mol. The van der Waals surface area contributed by atoms with Crippen molar-refractivity contribution in [3.05, 3.63) is 0 Å². The van der Waals surface area contributed by atoms with Crippen molar-refractivity contribution in [1.29, 1.82) is 0 Å². The number of hydrogen-bond acceptors (Lipinski definition) is 3. The molecule has 2 aliphatic heterocycles. The summed E-state index contributed by atoms with van der Waals surface area (Å²) in [5.74, 6) is 1.64. The van der Waals surface area contributed by atoms with Gasteiger partial charge in [-0.1, -0.05) is 13.8 Å². The first-order chi connectivity index (χ1) is 10.2. The molecule has 1 N–H and O–H groups in total. The van der Waals surface area contributed by atoms with Crippen LogP contribution in [0.4, 0.5) is 0 Å². The van der Waals surface area contributed by atoms with Gasteiger partial charge in [0.05, 0.1) is 6.61 Å². The van der Waals surface area contributed by atoms with E-state index in [0.717, 1.165) is 58.4 Å². The van der Waals surface area contributed by atoms with Gasteiger partial charge in [0.25, 0.3) is 0 Å². The first kappa shape index (κ1) is 16.6. The van der Waals surface area contributed by atoms with Crippen molar-refractivity contribution in [2.45, 2.75) is 33.1 Å². The third-order valence-corrected chi connectivity index (χ3v) is 4.33. The maximum absolute atomic E-state index is 5.60. The van der Waals surface area contributed by atoms with Gasteiger partial charge >= 0.3 is 0 Å². The molecule has 5 nitrogen and oxygen atoms in total. The highest BCUT2D eigenvalue weighted by Crippen LogP contribution is 2.38. The molecule has 2 saturated heterocycles. The minimum absolute atomic E-state index is 0.387. The maximum Gasteiger partial charge on any atom is 0.193 e. The fourth-order valence-corrected chi connectivity index (χ4v) is 3.11. The lowest BCUT2D eigenvalue weighted by Gasteiger charge is -2.25. The van der Waals surface area contributed by atoms with Crippen LogP contribution in [0.25, 0.3) is 0 Å². The Morgan fingerprint density at radius 1 is 1.43 bits per heavy atom. The van der Waals surface area contributed by atoms with Gasteiger partial charge in [-0.15, -0.1) is 0 Å². The minimum Gasteiger partial charge on any atom is -0.381 e. The molecule has 0 aliphatic carbocycles. The first-order valence-corrected chi connectivity index (χ1v) is 8.26. The summed E-state index contributed by atoms with van der Waals surface area (Å²) in [4.78, 5) is 6.80. The SMILES string of the molecule is CN=C(NCCCOCC(C)C)N1CCC2(CCOC2)C1. The number of likely N-dealkylation sites (tertiary alicyclic amines) is 1. The van der Waals surface area contributed by atoms with Crippen molar-refractivity contribution in [3.63, 3.8) is 0 Å². The lowest BCUT2D eigenvalue weighted by molar-refractivity contribution is 0.108. The van der Waals surface area contributed by atoms with Gasteiger partial charge in [-0.2, -0.15) is 0 Å². The second-order valence-electron chi connectivity index (χ2n) is 6.77. The molecule has 2 rings (SSSR count). The smallest absolute Gasteiger partial charge is 0.193 e. The summed E-state index contributed by atoms with van der Waals surface area (Å²) in [7, 11) is 1.87. The molecule has 122 valence electrons. The van der Waals surface area contributed by atoms with E-state index >= 15 is 0 Å². The van der Waals surface area contributed by atoms with E-state index < -0.39 is 0 Å². The molecular weight excluding hydrogens is 266 g/mol. The fraction of sp³-hybridized carbons (Fsp3) is 0.938. The average Bonchev–Trinajstić information content (AvgIpc) is 3.09. The molecule has 1 spiro atoms. The molecule has 0 amide bonds. The lowest BCUT2D eigenvalue weighted by Crippen LogP contribution is -2.42. The number of nitrogens with one attached hydrogen (secondary N) is 1. The van der Waals surface area contributed by atoms with Crippen LogP contribution in [0, 0.1) is 11.3 Å². The Morgan fingerprint density at radius 3 is 2.95 bits per heavy atom. The second-order valence-corrected chi connectivity index (χ2v) is 6.77. The first-order valence-electron chi connectivity index (χ1n) is 8.26. The molecule has 1 atom stereocenters. The van der Waals surface area contributed by atoms with Gasteiger partial charge in [0.1, 0.15) is 0 Å². The van der Waals surface area contributed by atoms with Gasteiger partial charge in [-0.05, 0) is 25.2 Å². The van der Waals surface area contributed by atoms with E-state index in [1.807, 2.05) is 7.05 Å². The lowest BCUT2D eigenvalue weighted by atomic mass is 9.87. The summed E-state index contributed by atoms with van der Waals surface area (Å²) in [6.45, 7) is 11.0. The molecule has 0 aromatic rings. The average molecular weight is 297 g/mol. The van der Waals surface area contributed by atoms with E-state index in [1.165, 1.54) is 12.8 Å². The highest BCUT2D eigenvalue weighted by molar-refractivity contribution is 5.80. The normalized spacial score (nSPS) is 26.3. The Balaban J connectivity index is 1.65. The third kappa shape index (κ3) is 4.85. The minimum atomic E-state index is 0.387.